The Labute approximate surface area is 163 Å². The van der Waals surface area contributed by atoms with Gasteiger partial charge in [0.15, 0.2) is 0 Å². The van der Waals surface area contributed by atoms with Gasteiger partial charge in [0.05, 0.1) is 4.88 Å². The first-order valence-electron chi connectivity index (χ1n) is 7.59. The minimum Gasteiger partial charge on any atom is -0.336 e. The average Bonchev–Trinajstić information content (AvgIpc) is 3.17. The second-order valence-electron chi connectivity index (χ2n) is 5.29. The van der Waals surface area contributed by atoms with Crippen molar-refractivity contribution in [2.24, 2.45) is 0 Å². The number of carbonyl (C=O) groups excluding carboxylic acids is 2. The first-order valence-corrected chi connectivity index (χ1v) is 9.55. The second-order valence-corrected chi connectivity index (χ2v) is 7.48. The number of halogens is 1. The molecular formula is C19H15IN2O2S. The average molecular weight is 462 g/mol. The molecule has 0 radical (unpaired) electrons. The summed E-state index contributed by atoms with van der Waals surface area (Å²) in [5, 5.41) is 7.52. The van der Waals surface area contributed by atoms with E-state index in [0.29, 0.717) is 10.6 Å². The molecular weight excluding hydrogens is 447 g/mol. The molecule has 25 heavy (non-hydrogen) atoms. The molecule has 1 unspecified atom stereocenters. The van der Waals surface area contributed by atoms with Gasteiger partial charge in [-0.3, -0.25) is 9.59 Å². The van der Waals surface area contributed by atoms with Gasteiger partial charge >= 0.3 is 0 Å². The predicted octanol–water partition coefficient (Wildman–Crippen LogP) is 4.46. The lowest BCUT2D eigenvalue weighted by Gasteiger charge is -2.18. The lowest BCUT2D eigenvalue weighted by Crippen LogP contribution is -2.36. The third-order valence-corrected chi connectivity index (χ3v) is 5.12. The molecule has 126 valence electrons. The van der Waals surface area contributed by atoms with Crippen LogP contribution in [-0.2, 0) is 4.79 Å². The van der Waals surface area contributed by atoms with Gasteiger partial charge in [0.2, 0.25) is 0 Å². The smallest absolute Gasteiger partial charge is 0.262 e. The van der Waals surface area contributed by atoms with Crippen LogP contribution in [0.2, 0.25) is 0 Å². The van der Waals surface area contributed by atoms with Crippen LogP contribution >= 0.6 is 33.9 Å². The summed E-state index contributed by atoms with van der Waals surface area (Å²) in [6.07, 6.45) is 0. The molecule has 2 amide bonds. The van der Waals surface area contributed by atoms with Crippen molar-refractivity contribution in [1.29, 1.82) is 0 Å². The van der Waals surface area contributed by atoms with E-state index >= 15 is 0 Å². The first kappa shape index (κ1) is 17.6. The van der Waals surface area contributed by atoms with E-state index < -0.39 is 6.04 Å². The normalized spacial score (nSPS) is 11.6. The van der Waals surface area contributed by atoms with Gasteiger partial charge in [-0.1, -0.05) is 36.4 Å². The van der Waals surface area contributed by atoms with Crippen LogP contribution in [0.4, 0.5) is 5.69 Å². The monoisotopic (exact) mass is 462 g/mol. The minimum absolute atomic E-state index is 0.262. The molecule has 1 heterocycles. The lowest BCUT2D eigenvalue weighted by molar-refractivity contribution is -0.118. The number of carbonyl (C=O) groups is 2. The highest BCUT2D eigenvalue weighted by Crippen LogP contribution is 2.19. The topological polar surface area (TPSA) is 58.2 Å². The van der Waals surface area contributed by atoms with Crippen molar-refractivity contribution >= 4 is 51.4 Å². The Bertz CT molecular complexity index is 849. The van der Waals surface area contributed by atoms with Crippen LogP contribution in [0.3, 0.4) is 0 Å². The van der Waals surface area contributed by atoms with Crippen molar-refractivity contribution in [1.82, 2.24) is 5.32 Å². The van der Waals surface area contributed by atoms with Gasteiger partial charge < -0.3 is 10.6 Å². The third kappa shape index (κ3) is 4.67. The number of hydrogen-bond donors (Lipinski definition) is 2. The summed E-state index contributed by atoms with van der Waals surface area (Å²) in [5.74, 6) is -0.543. The highest BCUT2D eigenvalue weighted by Gasteiger charge is 2.23. The number of nitrogens with one attached hydrogen (secondary N) is 2. The van der Waals surface area contributed by atoms with Crippen molar-refractivity contribution in [3.63, 3.8) is 0 Å². The number of amides is 2. The Morgan fingerprint density at radius 2 is 1.64 bits per heavy atom. The van der Waals surface area contributed by atoms with E-state index in [4.69, 9.17) is 0 Å². The summed E-state index contributed by atoms with van der Waals surface area (Å²) >= 11 is 3.55. The fourth-order valence-corrected chi connectivity index (χ4v) is 3.29. The van der Waals surface area contributed by atoms with Crippen molar-refractivity contribution in [3.05, 3.63) is 86.1 Å². The lowest BCUT2D eigenvalue weighted by atomic mass is 10.1. The summed E-state index contributed by atoms with van der Waals surface area (Å²) in [7, 11) is 0. The summed E-state index contributed by atoms with van der Waals surface area (Å²) in [5.41, 5.74) is 1.42. The molecule has 0 saturated heterocycles. The first-order chi connectivity index (χ1) is 12.1. The number of hydrogen-bond acceptors (Lipinski definition) is 3. The molecule has 3 aromatic rings. The molecule has 4 nitrogen and oxygen atoms in total. The van der Waals surface area contributed by atoms with Crippen LogP contribution in [0.25, 0.3) is 0 Å². The van der Waals surface area contributed by atoms with Crippen LogP contribution in [-0.4, -0.2) is 11.8 Å². The molecule has 0 saturated carbocycles. The van der Waals surface area contributed by atoms with E-state index in [-0.39, 0.29) is 11.8 Å². The van der Waals surface area contributed by atoms with Gasteiger partial charge in [-0.25, -0.2) is 0 Å². The SMILES string of the molecule is O=C(NC(C(=O)Nc1ccc(I)cc1)c1ccccc1)c1cccs1. The van der Waals surface area contributed by atoms with E-state index in [9.17, 15) is 9.59 Å². The van der Waals surface area contributed by atoms with Crippen LogP contribution < -0.4 is 10.6 Å². The molecule has 2 N–H and O–H groups in total. The summed E-state index contributed by atoms with van der Waals surface area (Å²) in [4.78, 5) is 25.8. The molecule has 0 aliphatic heterocycles. The van der Waals surface area contributed by atoms with E-state index in [1.807, 2.05) is 66.0 Å². The molecule has 0 aliphatic rings. The number of rotatable bonds is 5. The van der Waals surface area contributed by atoms with Gasteiger partial charge in [0, 0.05) is 9.26 Å². The Morgan fingerprint density at radius 3 is 2.28 bits per heavy atom. The highest BCUT2D eigenvalue weighted by molar-refractivity contribution is 14.1. The van der Waals surface area contributed by atoms with Crippen LogP contribution in [0.15, 0.2) is 72.1 Å². The standard InChI is InChI=1S/C19H15IN2O2S/c20-14-8-10-15(11-9-14)21-19(24)17(13-5-2-1-3-6-13)22-18(23)16-7-4-12-25-16/h1-12,17H,(H,21,24)(H,22,23). The van der Waals surface area contributed by atoms with Gasteiger partial charge in [-0.15, -0.1) is 11.3 Å². The van der Waals surface area contributed by atoms with Crippen LogP contribution in [0.1, 0.15) is 21.3 Å². The van der Waals surface area contributed by atoms with Crippen molar-refractivity contribution in [3.8, 4) is 0 Å². The number of benzene rings is 2. The number of anilines is 1. The molecule has 0 spiro atoms. The molecule has 3 rings (SSSR count). The van der Waals surface area contributed by atoms with Crippen molar-refractivity contribution in [2.45, 2.75) is 6.04 Å². The van der Waals surface area contributed by atoms with Gasteiger partial charge in [-0.2, -0.15) is 0 Å². The molecule has 0 aliphatic carbocycles. The number of thiophene rings is 1. The van der Waals surface area contributed by atoms with Gasteiger partial charge in [0.1, 0.15) is 6.04 Å². The summed E-state index contributed by atoms with van der Waals surface area (Å²) < 4.78 is 1.08. The maximum absolute atomic E-state index is 12.8. The largest absolute Gasteiger partial charge is 0.336 e. The van der Waals surface area contributed by atoms with Crippen molar-refractivity contribution < 1.29 is 9.59 Å². The molecule has 1 aromatic heterocycles. The molecule has 6 heteroatoms. The van der Waals surface area contributed by atoms with Crippen LogP contribution in [0, 0.1) is 3.57 Å². The minimum atomic E-state index is -0.768. The fourth-order valence-electron chi connectivity index (χ4n) is 2.30. The molecule has 0 bridgehead atoms. The van der Waals surface area contributed by atoms with E-state index in [0.717, 1.165) is 9.13 Å². The predicted molar refractivity (Wildman–Crippen MR) is 109 cm³/mol. The maximum atomic E-state index is 12.8. The molecule has 1 atom stereocenters. The second kappa shape index (κ2) is 8.26. The van der Waals surface area contributed by atoms with Crippen molar-refractivity contribution in [2.75, 3.05) is 5.32 Å². The quantitative estimate of drug-likeness (QED) is 0.551. The Balaban J connectivity index is 1.81. The van der Waals surface area contributed by atoms with Crippen LogP contribution in [0.5, 0.6) is 0 Å². The summed E-state index contributed by atoms with van der Waals surface area (Å²) in [6, 6.07) is 19.5. The molecule has 0 fully saturated rings. The molecule has 2 aromatic carbocycles. The zero-order valence-corrected chi connectivity index (χ0v) is 16.1. The van der Waals surface area contributed by atoms with E-state index in [2.05, 4.69) is 33.2 Å². The Morgan fingerprint density at radius 1 is 0.920 bits per heavy atom. The maximum Gasteiger partial charge on any atom is 0.262 e. The Hall–Kier alpha value is -2.19. The van der Waals surface area contributed by atoms with E-state index in [1.54, 1.807) is 6.07 Å². The fraction of sp³-hybridized carbons (Fsp3) is 0.0526. The van der Waals surface area contributed by atoms with E-state index in [1.165, 1.54) is 11.3 Å². The Kier molecular flexibility index (Phi) is 5.83. The highest BCUT2D eigenvalue weighted by atomic mass is 127. The van der Waals surface area contributed by atoms with Gasteiger partial charge in [-0.05, 0) is 63.9 Å². The summed E-state index contributed by atoms with van der Waals surface area (Å²) in [6.45, 7) is 0. The zero-order chi connectivity index (χ0) is 17.6. The third-order valence-electron chi connectivity index (χ3n) is 3.53. The zero-order valence-electron chi connectivity index (χ0n) is 13.1. The van der Waals surface area contributed by atoms with Gasteiger partial charge in [0.25, 0.3) is 11.8 Å².